The number of aryl methyl sites for hydroxylation is 1. The second-order valence-electron chi connectivity index (χ2n) is 13.2. The largest absolute Gasteiger partial charge is 0.448 e. The molecular formula is C34H41N7O3. The summed E-state index contributed by atoms with van der Waals surface area (Å²) in [5.74, 6) is 0.720. The number of likely N-dealkylation sites (tertiary alicyclic amines) is 1. The Morgan fingerprint density at radius 3 is 2.59 bits per heavy atom. The molecule has 1 aromatic carbocycles. The standard InChI is InChI=1S/C34H41N7O3/c1-22-29-9-7-25(33(42)38-12-2-3-26(35)21-38)20-41(29)36-32(22)31-17-24-6-8-28(18-30(24)40(31)19-23-4-5-23)37-13-10-27(11-14-37)39-15-16-44-34(39)43/h6-9,17-18,20,23,26-27H,2-5,10-16,19,21,35H2,1H3/t26-/m1/s1. The van der Waals surface area contributed by atoms with Crippen LogP contribution in [0.15, 0.2) is 42.6 Å². The molecule has 230 valence electrons. The lowest BCUT2D eigenvalue weighted by molar-refractivity contribution is 0.0708. The van der Waals surface area contributed by atoms with Gasteiger partial charge >= 0.3 is 6.09 Å². The molecule has 4 fully saturated rings. The number of carbonyl (C=O) groups is 2. The third-order valence-electron chi connectivity index (χ3n) is 10.2. The van der Waals surface area contributed by atoms with E-state index >= 15 is 0 Å². The Bertz CT molecular complexity index is 1750. The van der Waals surface area contributed by atoms with Gasteiger partial charge in [0.2, 0.25) is 0 Å². The van der Waals surface area contributed by atoms with Crippen LogP contribution < -0.4 is 10.6 Å². The predicted molar refractivity (Wildman–Crippen MR) is 170 cm³/mol. The number of pyridine rings is 1. The van der Waals surface area contributed by atoms with Crippen molar-refractivity contribution in [2.24, 2.45) is 11.7 Å². The van der Waals surface area contributed by atoms with Crippen LogP contribution in [0.4, 0.5) is 10.5 Å². The van der Waals surface area contributed by atoms with Gasteiger partial charge < -0.3 is 29.7 Å². The molecule has 3 aromatic heterocycles. The summed E-state index contributed by atoms with van der Waals surface area (Å²) in [4.78, 5) is 31.6. The first-order valence-electron chi connectivity index (χ1n) is 16.3. The number of hydrogen-bond donors (Lipinski definition) is 1. The highest BCUT2D eigenvalue weighted by atomic mass is 16.6. The third-order valence-corrected chi connectivity index (χ3v) is 10.2. The fourth-order valence-electron chi connectivity index (χ4n) is 7.48. The maximum Gasteiger partial charge on any atom is 0.410 e. The molecule has 6 heterocycles. The maximum absolute atomic E-state index is 13.3. The van der Waals surface area contributed by atoms with Gasteiger partial charge in [-0.2, -0.15) is 5.10 Å². The monoisotopic (exact) mass is 595 g/mol. The summed E-state index contributed by atoms with van der Waals surface area (Å²) in [6.45, 7) is 7.53. The van der Waals surface area contributed by atoms with Crippen LogP contribution in [-0.2, 0) is 11.3 Å². The Hall–Kier alpha value is -4.05. The molecule has 0 bridgehead atoms. The summed E-state index contributed by atoms with van der Waals surface area (Å²) in [5.41, 5.74) is 13.5. The van der Waals surface area contributed by atoms with Gasteiger partial charge in [-0.3, -0.25) is 4.79 Å². The minimum absolute atomic E-state index is 0.0246. The fourth-order valence-corrected chi connectivity index (χ4v) is 7.48. The second kappa shape index (κ2) is 10.8. The number of piperidine rings is 2. The smallest absolute Gasteiger partial charge is 0.410 e. The molecule has 1 atom stereocenters. The van der Waals surface area contributed by atoms with Crippen molar-refractivity contribution in [2.75, 3.05) is 44.2 Å². The number of carbonyl (C=O) groups excluding carboxylic acids is 2. The van der Waals surface area contributed by atoms with Crippen molar-refractivity contribution in [3.63, 3.8) is 0 Å². The van der Waals surface area contributed by atoms with Crippen LogP contribution in [0.2, 0.25) is 0 Å². The Morgan fingerprint density at radius 1 is 1.00 bits per heavy atom. The summed E-state index contributed by atoms with van der Waals surface area (Å²) in [6, 6.07) is 13.4. The van der Waals surface area contributed by atoms with E-state index in [0.717, 1.165) is 74.3 Å². The van der Waals surface area contributed by atoms with Gasteiger partial charge in [0.15, 0.2) is 0 Å². The molecule has 8 rings (SSSR count). The van der Waals surface area contributed by atoms with Crippen LogP contribution in [-0.4, -0.2) is 87.4 Å². The number of nitrogens with two attached hydrogens (primary N) is 1. The summed E-state index contributed by atoms with van der Waals surface area (Å²) < 4.78 is 9.54. The van der Waals surface area contributed by atoms with E-state index in [1.807, 2.05) is 32.6 Å². The summed E-state index contributed by atoms with van der Waals surface area (Å²) in [6.07, 6.45) is 8.07. The average molecular weight is 596 g/mol. The van der Waals surface area contributed by atoms with E-state index in [-0.39, 0.29) is 24.1 Å². The molecule has 4 aromatic rings. The van der Waals surface area contributed by atoms with Crippen molar-refractivity contribution >= 4 is 34.1 Å². The van der Waals surface area contributed by atoms with Crippen LogP contribution in [0, 0.1) is 12.8 Å². The number of fused-ring (bicyclic) bond motifs is 2. The van der Waals surface area contributed by atoms with Gasteiger partial charge in [-0.1, -0.05) is 6.07 Å². The Morgan fingerprint density at radius 2 is 1.84 bits per heavy atom. The van der Waals surface area contributed by atoms with Crippen LogP contribution in [0.1, 0.15) is 54.4 Å². The summed E-state index contributed by atoms with van der Waals surface area (Å²) in [5, 5.41) is 6.30. The van der Waals surface area contributed by atoms with Crippen molar-refractivity contribution in [1.82, 2.24) is 24.0 Å². The number of benzene rings is 1. The predicted octanol–water partition coefficient (Wildman–Crippen LogP) is 4.66. The number of aromatic nitrogens is 3. The number of anilines is 1. The van der Waals surface area contributed by atoms with Gasteiger partial charge in [0.05, 0.1) is 28.8 Å². The van der Waals surface area contributed by atoms with Crippen molar-refractivity contribution in [1.29, 1.82) is 0 Å². The van der Waals surface area contributed by atoms with Gasteiger partial charge in [-0.25, -0.2) is 9.31 Å². The fraction of sp³-hybridized carbons (Fsp3) is 0.500. The van der Waals surface area contributed by atoms with E-state index in [4.69, 9.17) is 15.6 Å². The molecule has 3 aliphatic heterocycles. The summed E-state index contributed by atoms with van der Waals surface area (Å²) >= 11 is 0. The molecule has 0 unspecified atom stereocenters. The zero-order valence-electron chi connectivity index (χ0n) is 25.5. The Balaban J connectivity index is 1.10. The lowest BCUT2D eigenvalue weighted by Crippen LogP contribution is -2.45. The van der Waals surface area contributed by atoms with E-state index in [0.29, 0.717) is 31.2 Å². The average Bonchev–Trinajstić information content (AvgIpc) is 3.52. The molecule has 2 amide bonds. The van der Waals surface area contributed by atoms with Crippen LogP contribution in [0.25, 0.3) is 27.8 Å². The molecule has 2 N–H and O–H groups in total. The van der Waals surface area contributed by atoms with E-state index < -0.39 is 0 Å². The summed E-state index contributed by atoms with van der Waals surface area (Å²) in [7, 11) is 0. The molecule has 44 heavy (non-hydrogen) atoms. The number of cyclic esters (lactones) is 1. The highest BCUT2D eigenvalue weighted by molar-refractivity contribution is 5.95. The van der Waals surface area contributed by atoms with E-state index in [9.17, 15) is 9.59 Å². The maximum atomic E-state index is 13.3. The normalized spacial score (nSPS) is 21.5. The SMILES string of the molecule is Cc1c(-c2cc3ccc(N4CCC(N5CCOC5=O)CC4)cc3n2CC2CC2)nn2cc(C(=O)N3CCC[C@@H](N)C3)ccc12. The lowest BCUT2D eigenvalue weighted by Gasteiger charge is -2.36. The van der Waals surface area contributed by atoms with Crippen LogP contribution in [0.5, 0.6) is 0 Å². The van der Waals surface area contributed by atoms with Gasteiger partial charge in [0.1, 0.15) is 12.3 Å². The van der Waals surface area contributed by atoms with Crippen molar-refractivity contribution in [3.05, 3.63) is 53.7 Å². The van der Waals surface area contributed by atoms with Crippen LogP contribution in [0.3, 0.4) is 0 Å². The minimum atomic E-state index is -0.160. The third kappa shape index (κ3) is 4.89. The lowest BCUT2D eigenvalue weighted by atomic mass is 10.0. The first-order valence-corrected chi connectivity index (χ1v) is 16.3. The molecular weight excluding hydrogens is 554 g/mol. The Kier molecular flexibility index (Phi) is 6.77. The highest BCUT2D eigenvalue weighted by Crippen LogP contribution is 2.38. The molecule has 0 radical (unpaired) electrons. The topological polar surface area (TPSA) is 101 Å². The van der Waals surface area contributed by atoms with Crippen molar-refractivity contribution in [2.45, 2.75) is 64.1 Å². The first-order chi connectivity index (χ1) is 21.4. The van der Waals surface area contributed by atoms with Crippen molar-refractivity contribution < 1.29 is 14.3 Å². The zero-order chi connectivity index (χ0) is 29.9. The van der Waals surface area contributed by atoms with Crippen molar-refractivity contribution in [3.8, 4) is 11.4 Å². The number of hydrogen-bond acceptors (Lipinski definition) is 6. The quantitative estimate of drug-likeness (QED) is 0.348. The highest BCUT2D eigenvalue weighted by Gasteiger charge is 2.33. The molecule has 0 spiro atoms. The Labute approximate surface area is 257 Å². The number of rotatable bonds is 6. The molecule has 3 saturated heterocycles. The number of ether oxygens (including phenoxy) is 1. The van der Waals surface area contributed by atoms with Gasteiger partial charge in [0, 0.05) is 67.6 Å². The molecule has 10 nitrogen and oxygen atoms in total. The van der Waals surface area contributed by atoms with E-state index in [1.54, 1.807) is 0 Å². The molecule has 1 saturated carbocycles. The first kappa shape index (κ1) is 27.5. The van der Waals surface area contributed by atoms with Gasteiger partial charge in [0.25, 0.3) is 5.91 Å². The van der Waals surface area contributed by atoms with Crippen LogP contribution >= 0.6 is 0 Å². The molecule has 1 aliphatic carbocycles. The molecule has 4 aliphatic rings. The second-order valence-corrected chi connectivity index (χ2v) is 13.2. The van der Waals surface area contributed by atoms with E-state index in [1.165, 1.54) is 29.4 Å². The van der Waals surface area contributed by atoms with Gasteiger partial charge in [-0.05, 0) is 81.7 Å². The number of nitrogens with zero attached hydrogens (tertiary/aromatic N) is 6. The number of amides is 2. The minimum Gasteiger partial charge on any atom is -0.448 e. The molecule has 10 heteroatoms. The van der Waals surface area contributed by atoms with E-state index in [2.05, 4.69) is 40.7 Å². The van der Waals surface area contributed by atoms with Gasteiger partial charge in [-0.15, -0.1) is 0 Å². The zero-order valence-corrected chi connectivity index (χ0v) is 25.5.